The van der Waals surface area contributed by atoms with Crippen LogP contribution in [0.1, 0.15) is 50.5 Å². The molecule has 0 aliphatic carbocycles. The lowest BCUT2D eigenvalue weighted by Crippen LogP contribution is -2.43. The average molecular weight is 430 g/mol. The summed E-state index contributed by atoms with van der Waals surface area (Å²) in [6.07, 6.45) is 5.44. The summed E-state index contributed by atoms with van der Waals surface area (Å²) in [6, 6.07) is 11.4. The Kier molecular flexibility index (Phi) is 9.24. The number of nitrogens with zero attached hydrogens (tertiary/aromatic N) is 1. The number of aliphatic hydroxyl groups is 1. The normalized spacial score (nSPS) is 18.1. The van der Waals surface area contributed by atoms with Gasteiger partial charge in [0.25, 0.3) is 0 Å². The SMILES string of the molecule is CC(C)Oc1ccc(C(O)CN=C(NCCc2ccco2)NCC2CCCCO2)cc1. The van der Waals surface area contributed by atoms with E-state index in [9.17, 15) is 5.11 Å². The van der Waals surface area contributed by atoms with Crippen LogP contribution in [0.3, 0.4) is 0 Å². The quantitative estimate of drug-likeness (QED) is 0.396. The van der Waals surface area contributed by atoms with Crippen molar-refractivity contribution in [2.75, 3.05) is 26.2 Å². The molecule has 0 amide bonds. The molecule has 0 bridgehead atoms. The van der Waals surface area contributed by atoms with E-state index >= 15 is 0 Å². The van der Waals surface area contributed by atoms with Gasteiger partial charge in [-0.2, -0.15) is 0 Å². The number of aliphatic imine (C=N–C) groups is 1. The summed E-state index contributed by atoms with van der Waals surface area (Å²) in [5.74, 6) is 2.38. The number of rotatable bonds is 10. The van der Waals surface area contributed by atoms with Gasteiger partial charge in [-0.25, -0.2) is 0 Å². The molecular weight excluding hydrogens is 394 g/mol. The van der Waals surface area contributed by atoms with E-state index in [4.69, 9.17) is 13.9 Å². The van der Waals surface area contributed by atoms with Crippen LogP contribution in [0.15, 0.2) is 52.1 Å². The Morgan fingerprint density at radius 1 is 1.19 bits per heavy atom. The van der Waals surface area contributed by atoms with E-state index in [1.165, 1.54) is 6.42 Å². The maximum atomic E-state index is 10.6. The molecule has 2 aromatic rings. The Labute approximate surface area is 184 Å². The lowest BCUT2D eigenvalue weighted by atomic mass is 10.1. The molecule has 1 saturated heterocycles. The van der Waals surface area contributed by atoms with Crippen molar-refractivity contribution in [2.45, 2.75) is 57.8 Å². The van der Waals surface area contributed by atoms with Crippen molar-refractivity contribution in [2.24, 2.45) is 4.99 Å². The van der Waals surface area contributed by atoms with E-state index in [1.807, 2.05) is 50.2 Å². The number of hydrogen-bond donors (Lipinski definition) is 3. The minimum Gasteiger partial charge on any atom is -0.491 e. The second-order valence-electron chi connectivity index (χ2n) is 8.07. The van der Waals surface area contributed by atoms with Crippen molar-refractivity contribution in [3.63, 3.8) is 0 Å². The number of nitrogens with one attached hydrogen (secondary N) is 2. The zero-order valence-corrected chi connectivity index (χ0v) is 18.5. The first kappa shape index (κ1) is 23.2. The fourth-order valence-electron chi connectivity index (χ4n) is 3.44. The van der Waals surface area contributed by atoms with Gasteiger partial charge in [-0.3, -0.25) is 4.99 Å². The van der Waals surface area contributed by atoms with E-state index in [0.29, 0.717) is 19.0 Å². The van der Waals surface area contributed by atoms with Gasteiger partial charge in [0.05, 0.1) is 31.1 Å². The molecule has 2 unspecified atom stereocenters. The lowest BCUT2D eigenvalue weighted by molar-refractivity contribution is 0.0194. The van der Waals surface area contributed by atoms with Gasteiger partial charge in [0.2, 0.25) is 0 Å². The molecule has 0 spiro atoms. The minimum absolute atomic E-state index is 0.120. The van der Waals surface area contributed by atoms with Crippen LogP contribution in [0.25, 0.3) is 0 Å². The molecule has 0 saturated carbocycles. The first-order valence-electron chi connectivity index (χ1n) is 11.2. The number of ether oxygens (including phenoxy) is 2. The Morgan fingerprint density at radius 2 is 2.03 bits per heavy atom. The molecule has 1 fully saturated rings. The van der Waals surface area contributed by atoms with Crippen LogP contribution in [0.5, 0.6) is 5.75 Å². The highest BCUT2D eigenvalue weighted by molar-refractivity contribution is 5.79. The first-order chi connectivity index (χ1) is 15.1. The second kappa shape index (κ2) is 12.4. The summed E-state index contributed by atoms with van der Waals surface area (Å²) in [7, 11) is 0. The Morgan fingerprint density at radius 3 is 2.71 bits per heavy atom. The van der Waals surface area contributed by atoms with Crippen molar-refractivity contribution < 1.29 is 19.0 Å². The first-order valence-corrected chi connectivity index (χ1v) is 11.2. The standard InChI is InChI=1S/C24H35N3O4/c1-18(2)31-21-10-8-19(9-11-21)23(28)17-27-24(25-13-12-20-7-5-15-29-20)26-16-22-6-3-4-14-30-22/h5,7-11,15,18,22-23,28H,3-4,6,12-14,16-17H2,1-2H3,(H2,25,26,27). The Bertz CT molecular complexity index is 769. The van der Waals surface area contributed by atoms with Crippen LogP contribution in [0.4, 0.5) is 0 Å². The summed E-state index contributed by atoms with van der Waals surface area (Å²) in [5, 5.41) is 17.3. The Balaban J connectivity index is 1.54. The smallest absolute Gasteiger partial charge is 0.191 e. The van der Waals surface area contributed by atoms with Gasteiger partial charge in [0.1, 0.15) is 11.5 Å². The lowest BCUT2D eigenvalue weighted by Gasteiger charge is -2.24. The third-order valence-corrected chi connectivity index (χ3v) is 5.07. The van der Waals surface area contributed by atoms with Crippen molar-refractivity contribution in [1.29, 1.82) is 0 Å². The summed E-state index contributed by atoms with van der Waals surface area (Å²) in [6.45, 7) is 6.44. The summed E-state index contributed by atoms with van der Waals surface area (Å²) in [4.78, 5) is 4.60. The molecule has 7 nitrogen and oxygen atoms in total. The van der Waals surface area contributed by atoms with E-state index in [1.54, 1.807) is 6.26 Å². The van der Waals surface area contributed by atoms with E-state index in [0.717, 1.165) is 42.9 Å². The van der Waals surface area contributed by atoms with Crippen molar-refractivity contribution in [3.05, 3.63) is 54.0 Å². The topological polar surface area (TPSA) is 88.3 Å². The zero-order chi connectivity index (χ0) is 21.9. The van der Waals surface area contributed by atoms with Crippen LogP contribution >= 0.6 is 0 Å². The third-order valence-electron chi connectivity index (χ3n) is 5.07. The number of hydrogen-bond acceptors (Lipinski definition) is 5. The van der Waals surface area contributed by atoms with E-state index in [-0.39, 0.29) is 18.8 Å². The molecule has 0 radical (unpaired) electrons. The number of aliphatic hydroxyl groups excluding tert-OH is 1. The maximum absolute atomic E-state index is 10.6. The van der Waals surface area contributed by atoms with E-state index in [2.05, 4.69) is 15.6 Å². The highest BCUT2D eigenvalue weighted by Gasteiger charge is 2.15. The van der Waals surface area contributed by atoms with Gasteiger partial charge in [-0.15, -0.1) is 0 Å². The molecule has 3 rings (SSSR count). The molecule has 170 valence electrons. The van der Waals surface area contributed by atoms with Crippen LogP contribution in [-0.4, -0.2) is 49.5 Å². The van der Waals surface area contributed by atoms with Gasteiger partial charge in [-0.1, -0.05) is 12.1 Å². The summed E-state index contributed by atoms with van der Waals surface area (Å²) < 4.78 is 16.9. The zero-order valence-electron chi connectivity index (χ0n) is 18.5. The monoisotopic (exact) mass is 429 g/mol. The third kappa shape index (κ3) is 8.26. The molecule has 3 N–H and O–H groups in total. The predicted octanol–water partition coefficient (Wildman–Crippen LogP) is 3.45. The Hall–Kier alpha value is -2.51. The summed E-state index contributed by atoms with van der Waals surface area (Å²) in [5.41, 5.74) is 0.811. The van der Waals surface area contributed by atoms with Crippen LogP contribution < -0.4 is 15.4 Å². The molecule has 2 heterocycles. The molecule has 1 aromatic heterocycles. The predicted molar refractivity (Wildman–Crippen MR) is 121 cm³/mol. The van der Waals surface area contributed by atoms with Gasteiger partial charge < -0.3 is 29.6 Å². The molecule has 2 atom stereocenters. The molecule has 1 aromatic carbocycles. The number of benzene rings is 1. The molecule has 7 heteroatoms. The largest absolute Gasteiger partial charge is 0.491 e. The number of furan rings is 1. The van der Waals surface area contributed by atoms with Crippen LogP contribution in [0, 0.1) is 0 Å². The van der Waals surface area contributed by atoms with Gasteiger partial charge in [0.15, 0.2) is 5.96 Å². The second-order valence-corrected chi connectivity index (χ2v) is 8.07. The van der Waals surface area contributed by atoms with Crippen molar-refractivity contribution in [1.82, 2.24) is 10.6 Å². The highest BCUT2D eigenvalue weighted by atomic mass is 16.5. The minimum atomic E-state index is -0.692. The molecule has 1 aliphatic rings. The van der Waals surface area contributed by atoms with Gasteiger partial charge in [0, 0.05) is 26.1 Å². The van der Waals surface area contributed by atoms with Gasteiger partial charge in [-0.05, 0) is 62.9 Å². The molecule has 1 aliphatic heterocycles. The average Bonchev–Trinajstić information content (AvgIpc) is 3.29. The maximum Gasteiger partial charge on any atom is 0.191 e. The van der Waals surface area contributed by atoms with E-state index < -0.39 is 6.10 Å². The number of guanidine groups is 1. The van der Waals surface area contributed by atoms with Crippen molar-refractivity contribution >= 4 is 5.96 Å². The van der Waals surface area contributed by atoms with Crippen molar-refractivity contribution in [3.8, 4) is 5.75 Å². The molecule has 31 heavy (non-hydrogen) atoms. The summed E-state index contributed by atoms with van der Waals surface area (Å²) >= 11 is 0. The fourth-order valence-corrected chi connectivity index (χ4v) is 3.44. The fraction of sp³-hybridized carbons (Fsp3) is 0.542. The van der Waals surface area contributed by atoms with Crippen LogP contribution in [0.2, 0.25) is 0 Å². The van der Waals surface area contributed by atoms with Gasteiger partial charge >= 0.3 is 0 Å². The van der Waals surface area contributed by atoms with Crippen LogP contribution in [-0.2, 0) is 11.2 Å². The highest BCUT2D eigenvalue weighted by Crippen LogP contribution is 2.19. The molecular formula is C24H35N3O4.